The highest BCUT2D eigenvalue weighted by Gasteiger charge is 2.30. The Morgan fingerprint density at radius 1 is 0.633 bits per heavy atom. The molecule has 0 saturated carbocycles. The molecule has 0 radical (unpaired) electrons. The van der Waals surface area contributed by atoms with Crippen LogP contribution in [0.15, 0.2) is 36.9 Å². The Morgan fingerprint density at radius 2 is 1.03 bits per heavy atom. The van der Waals surface area contributed by atoms with E-state index in [9.17, 15) is 0 Å². The first kappa shape index (κ1) is 46.6. The molecule has 0 spiro atoms. The largest absolute Gasteiger partial charge is 0.381 e. The number of allylic oxidation sites excluding steroid dienone is 4. The molecule has 13 heteroatoms. The highest BCUT2D eigenvalue weighted by Crippen LogP contribution is 2.39. The van der Waals surface area contributed by atoms with Crippen molar-refractivity contribution in [3.63, 3.8) is 0 Å². The van der Waals surface area contributed by atoms with Crippen LogP contribution in [0.2, 0.25) is 0 Å². The maximum Gasteiger partial charge on any atom is 0.156 e. The third-order valence-corrected chi connectivity index (χ3v) is 12.3. The van der Waals surface area contributed by atoms with E-state index in [4.69, 9.17) is 43.8 Å². The van der Waals surface area contributed by atoms with Crippen molar-refractivity contribution in [2.45, 2.75) is 111 Å². The summed E-state index contributed by atoms with van der Waals surface area (Å²) in [6, 6.07) is 0. The number of carbonyl (C=O) groups is 3. The molecule has 8 heterocycles. The number of ether oxygens (including phenoxy) is 2. The van der Waals surface area contributed by atoms with Crippen molar-refractivity contribution in [3.05, 3.63) is 71.1 Å². The number of piperidine rings is 2. The number of nitrogens with one attached hydrogen (secondary N) is 1. The molecule has 4 fully saturated rings. The predicted molar refractivity (Wildman–Crippen MR) is 237 cm³/mol. The molecule has 13 nitrogen and oxygen atoms in total. The minimum Gasteiger partial charge on any atom is -0.381 e. The number of carbonyl (C=O) groups excluding carboxylic acids is 3. The summed E-state index contributed by atoms with van der Waals surface area (Å²) in [6.07, 6.45) is 26.7. The molecule has 0 aromatic carbocycles. The summed E-state index contributed by atoms with van der Waals surface area (Å²) in [7, 11) is 0. The Labute approximate surface area is 356 Å². The van der Waals surface area contributed by atoms with Crippen LogP contribution in [0.25, 0.3) is 22.4 Å². The molecule has 0 bridgehead atoms. The summed E-state index contributed by atoms with van der Waals surface area (Å²) in [5, 5.41) is 3.44. The Morgan fingerprint density at radius 3 is 1.43 bits per heavy atom. The van der Waals surface area contributed by atoms with Crippen LogP contribution in [0.1, 0.15) is 132 Å². The topological polar surface area (TPSA) is 145 Å². The zero-order chi connectivity index (χ0) is 41.6. The monoisotopic (exact) mass is 825 g/mol. The van der Waals surface area contributed by atoms with Crippen molar-refractivity contribution < 1.29 is 23.9 Å². The highest BCUT2D eigenvalue weighted by atomic mass is 16.5. The molecular weight excluding hydrogens is 757 g/mol. The smallest absolute Gasteiger partial charge is 0.156 e. The number of aromatic nitrogens is 6. The molecule has 4 saturated heterocycles. The van der Waals surface area contributed by atoms with Gasteiger partial charge in [-0.25, -0.2) is 9.97 Å². The number of rotatable bonds is 5. The maximum absolute atomic E-state index is 8.81. The molecule has 4 aromatic rings. The summed E-state index contributed by atoms with van der Waals surface area (Å²) in [5.41, 5.74) is 12.5. The molecular formula is C47H68N8O5. The van der Waals surface area contributed by atoms with E-state index in [1.165, 1.54) is 105 Å². The fourth-order valence-electron chi connectivity index (χ4n) is 9.35. The normalized spacial score (nSPS) is 19.6. The number of likely N-dealkylation sites (tertiary alicyclic amines) is 1. The lowest BCUT2D eigenvalue weighted by molar-refractivity contribution is -0.106. The van der Waals surface area contributed by atoms with E-state index in [-0.39, 0.29) is 7.43 Å². The average Bonchev–Trinajstić information content (AvgIpc) is 4.10. The number of fused-ring (bicyclic) bond motifs is 6. The Kier molecular flexibility index (Phi) is 18.3. The van der Waals surface area contributed by atoms with Gasteiger partial charge in [-0.15, -0.1) is 0 Å². The molecule has 0 unspecified atom stereocenters. The second-order valence-electron chi connectivity index (χ2n) is 15.8. The first-order valence-corrected chi connectivity index (χ1v) is 21.9. The van der Waals surface area contributed by atoms with Gasteiger partial charge in [0.25, 0.3) is 0 Å². The predicted octanol–water partition coefficient (Wildman–Crippen LogP) is 7.11. The molecule has 6 aliphatic rings. The van der Waals surface area contributed by atoms with Crippen molar-refractivity contribution >= 4 is 41.3 Å². The summed E-state index contributed by atoms with van der Waals surface area (Å²) in [6.45, 7) is 15.9. The lowest BCUT2D eigenvalue weighted by atomic mass is 9.90. The van der Waals surface area contributed by atoms with Gasteiger partial charge >= 0.3 is 0 Å². The fraction of sp³-hybridized carbons (Fsp3) is 0.596. The lowest BCUT2D eigenvalue weighted by Gasteiger charge is -2.30. The van der Waals surface area contributed by atoms with E-state index < -0.39 is 0 Å². The summed E-state index contributed by atoms with van der Waals surface area (Å²) in [4.78, 5) is 48.3. The second kappa shape index (κ2) is 23.5. The Bertz CT molecular complexity index is 2030. The standard InChI is InChI=1S/C21H28N4O.C19H24N4O.3C2H4O.CH4/c1-2-24-9-5-16(6-10-24)19-14-25-20(23-19)13-22-18-4-3-17(21(18)25)15-7-11-26-12-8-15;1-2-16-19(15(1)13-5-9-24-10-6-13)23-12-17(22-18(23)11-21-16)14-3-7-20-8-4-14;3*1-2-3;/h3,13-16H,2,4-12H2,1H3;1,11-14,20H,2-10H2;3*2H,1H3;1H4. The molecule has 60 heavy (non-hydrogen) atoms. The van der Waals surface area contributed by atoms with Gasteiger partial charge in [0, 0.05) is 63.5 Å². The quantitative estimate of drug-likeness (QED) is 0.206. The zero-order valence-corrected chi connectivity index (χ0v) is 35.6. The van der Waals surface area contributed by atoms with Crippen molar-refractivity contribution in [1.82, 2.24) is 39.0 Å². The summed E-state index contributed by atoms with van der Waals surface area (Å²) in [5.74, 6) is 2.39. The number of hydrogen-bond acceptors (Lipinski definition) is 11. The van der Waals surface area contributed by atoms with Gasteiger partial charge in [-0.05, 0) is 128 Å². The van der Waals surface area contributed by atoms with E-state index in [0.29, 0.717) is 23.7 Å². The molecule has 0 amide bonds. The van der Waals surface area contributed by atoms with Gasteiger partial charge in [-0.1, -0.05) is 26.5 Å². The average molecular weight is 825 g/mol. The maximum atomic E-state index is 8.81. The summed E-state index contributed by atoms with van der Waals surface area (Å²) >= 11 is 0. The van der Waals surface area contributed by atoms with Crippen molar-refractivity contribution in [2.75, 3.05) is 59.2 Å². The summed E-state index contributed by atoms with van der Waals surface area (Å²) < 4.78 is 15.8. The van der Waals surface area contributed by atoms with Gasteiger partial charge in [-0.2, -0.15) is 0 Å². The fourth-order valence-corrected chi connectivity index (χ4v) is 9.35. The van der Waals surface area contributed by atoms with Gasteiger partial charge in [-0.3, -0.25) is 18.8 Å². The van der Waals surface area contributed by atoms with Crippen LogP contribution in [-0.4, -0.2) is 112 Å². The van der Waals surface area contributed by atoms with E-state index in [0.717, 1.165) is 115 Å². The SMILES string of the molecule is C.C1=C(C2CCOCC2)c2c(ncc3nc(C4CCNCC4)cn23)C1.CC=O.CC=O.CC=O.CCN1CCC(c2cn3c4c(ncc3n2)CC=C4C2CCOCC2)CC1. The molecule has 4 aromatic heterocycles. The van der Waals surface area contributed by atoms with Crippen molar-refractivity contribution in [1.29, 1.82) is 0 Å². The molecule has 10 rings (SSSR count). The molecule has 0 atom stereocenters. The van der Waals surface area contributed by atoms with Crippen LogP contribution in [0.5, 0.6) is 0 Å². The van der Waals surface area contributed by atoms with Gasteiger partial charge in [0.1, 0.15) is 18.9 Å². The molecule has 4 aliphatic heterocycles. The Balaban J connectivity index is 0.000000188. The third-order valence-electron chi connectivity index (χ3n) is 12.3. The number of aldehydes is 3. The van der Waals surface area contributed by atoms with Crippen LogP contribution in [0, 0.1) is 11.8 Å². The van der Waals surface area contributed by atoms with Gasteiger partial charge in [0.15, 0.2) is 11.3 Å². The van der Waals surface area contributed by atoms with Crippen LogP contribution in [0.4, 0.5) is 0 Å². The minimum atomic E-state index is 0. The van der Waals surface area contributed by atoms with E-state index in [1.807, 2.05) is 12.4 Å². The van der Waals surface area contributed by atoms with E-state index in [2.05, 4.69) is 50.5 Å². The van der Waals surface area contributed by atoms with Crippen molar-refractivity contribution in [3.8, 4) is 0 Å². The molecule has 2 aliphatic carbocycles. The van der Waals surface area contributed by atoms with Crippen LogP contribution < -0.4 is 5.32 Å². The highest BCUT2D eigenvalue weighted by molar-refractivity contribution is 5.74. The van der Waals surface area contributed by atoms with Crippen molar-refractivity contribution in [2.24, 2.45) is 11.8 Å². The first-order valence-electron chi connectivity index (χ1n) is 21.9. The van der Waals surface area contributed by atoms with Gasteiger partial charge in [0.2, 0.25) is 0 Å². The van der Waals surface area contributed by atoms with Crippen LogP contribution >= 0.6 is 0 Å². The minimum absolute atomic E-state index is 0. The number of hydrogen-bond donors (Lipinski definition) is 1. The second-order valence-corrected chi connectivity index (χ2v) is 15.8. The van der Waals surface area contributed by atoms with E-state index in [1.54, 1.807) is 0 Å². The molecule has 326 valence electrons. The number of nitrogens with zero attached hydrogens (tertiary/aromatic N) is 7. The Hall–Kier alpha value is -4.43. The molecule has 1 N–H and O–H groups in total. The van der Waals surface area contributed by atoms with Gasteiger partial charge in [0.05, 0.1) is 46.6 Å². The third kappa shape index (κ3) is 11.1. The van der Waals surface area contributed by atoms with E-state index >= 15 is 0 Å². The zero-order valence-electron chi connectivity index (χ0n) is 35.6. The first-order chi connectivity index (χ1) is 29.0. The van der Waals surface area contributed by atoms with Crippen LogP contribution in [-0.2, 0) is 36.7 Å². The van der Waals surface area contributed by atoms with Crippen LogP contribution in [0.3, 0.4) is 0 Å². The van der Waals surface area contributed by atoms with Gasteiger partial charge < -0.3 is 34.1 Å². The lowest BCUT2D eigenvalue weighted by Crippen LogP contribution is -2.32. The number of imidazole rings is 2.